The van der Waals surface area contributed by atoms with E-state index in [-0.39, 0.29) is 36.5 Å². The Kier molecular flexibility index (Phi) is 3.84. The largest absolute Gasteiger partial charge is 0.493 e. The van der Waals surface area contributed by atoms with E-state index in [1.165, 1.54) is 43.0 Å². The molecule has 1 aromatic rings. The lowest BCUT2D eigenvalue weighted by molar-refractivity contribution is -0.0119. The van der Waals surface area contributed by atoms with Gasteiger partial charge in [-0.15, -0.1) is 0 Å². The lowest BCUT2D eigenvalue weighted by Gasteiger charge is -2.54. The normalized spacial score (nSPS) is 33.2. The molecule has 4 bridgehead atoms. The Morgan fingerprint density at radius 3 is 2.62 bits per heavy atom. The van der Waals surface area contributed by atoms with E-state index >= 15 is 0 Å². The van der Waals surface area contributed by atoms with Gasteiger partial charge in [0.1, 0.15) is 5.56 Å². The summed E-state index contributed by atoms with van der Waals surface area (Å²) >= 11 is 0. The average Bonchev–Trinajstić information content (AvgIpc) is 2.91. The Balaban J connectivity index is 1.44. The van der Waals surface area contributed by atoms with Crippen molar-refractivity contribution in [1.82, 2.24) is 15.1 Å². The van der Waals surface area contributed by atoms with Gasteiger partial charge in [0, 0.05) is 17.5 Å². The smallest absolute Gasteiger partial charge is 0.258 e. The van der Waals surface area contributed by atoms with Gasteiger partial charge < -0.3 is 10.4 Å². The van der Waals surface area contributed by atoms with Gasteiger partial charge in [0.05, 0.1) is 12.7 Å². The highest BCUT2D eigenvalue weighted by molar-refractivity contribution is 5.96. The number of carbonyl (C=O) groups is 1. The van der Waals surface area contributed by atoms with Crippen molar-refractivity contribution in [2.75, 3.05) is 6.54 Å². The molecule has 0 saturated heterocycles. The number of hydrogen-bond acceptors (Lipinski definition) is 4. The van der Waals surface area contributed by atoms with Gasteiger partial charge in [-0.1, -0.05) is 5.11 Å². The highest BCUT2D eigenvalue weighted by Gasteiger charge is 2.48. The molecule has 0 aromatic carbocycles. The van der Waals surface area contributed by atoms with Crippen molar-refractivity contribution < 1.29 is 9.90 Å². The number of hydrogen-bond donors (Lipinski definition) is 2. The summed E-state index contributed by atoms with van der Waals surface area (Å²) in [7, 11) is 0. The van der Waals surface area contributed by atoms with Crippen molar-refractivity contribution in [3.63, 3.8) is 0 Å². The SMILES string of the molecule is [N-]=[N+]=NCCn1ncc(C(=O)NC2C3CC4CC(C3)CC2C4)c1O. The second kappa shape index (κ2) is 6.02. The zero-order chi connectivity index (χ0) is 16.7. The molecule has 0 unspecified atom stereocenters. The van der Waals surface area contributed by atoms with Crippen molar-refractivity contribution in [3.8, 4) is 5.88 Å². The Morgan fingerprint density at radius 2 is 2.00 bits per heavy atom. The molecule has 1 aromatic heterocycles. The number of rotatable bonds is 5. The maximum absolute atomic E-state index is 12.6. The van der Waals surface area contributed by atoms with Crippen molar-refractivity contribution in [1.29, 1.82) is 0 Å². The van der Waals surface area contributed by atoms with E-state index in [2.05, 4.69) is 20.4 Å². The fourth-order valence-electron chi connectivity index (χ4n) is 5.28. The Labute approximate surface area is 139 Å². The first-order valence-electron chi connectivity index (χ1n) is 8.72. The topological polar surface area (TPSA) is 116 Å². The lowest BCUT2D eigenvalue weighted by atomic mass is 9.54. The highest BCUT2D eigenvalue weighted by atomic mass is 16.3. The first kappa shape index (κ1) is 15.3. The molecule has 4 aliphatic rings. The number of amides is 1. The third-order valence-corrected chi connectivity index (χ3v) is 6.06. The predicted octanol–water partition coefficient (Wildman–Crippen LogP) is 2.45. The molecular weight excluding hydrogens is 308 g/mol. The fraction of sp³-hybridized carbons (Fsp3) is 0.750. The van der Waals surface area contributed by atoms with E-state index in [0.717, 1.165) is 11.8 Å². The second-order valence-electron chi connectivity index (χ2n) is 7.49. The van der Waals surface area contributed by atoms with E-state index in [0.29, 0.717) is 11.8 Å². The molecule has 0 aliphatic heterocycles. The second-order valence-corrected chi connectivity index (χ2v) is 7.49. The molecule has 24 heavy (non-hydrogen) atoms. The molecular formula is C16H22N6O2. The van der Waals surface area contributed by atoms with Gasteiger partial charge >= 0.3 is 0 Å². The first-order valence-corrected chi connectivity index (χ1v) is 8.72. The summed E-state index contributed by atoms with van der Waals surface area (Å²) in [6.45, 7) is 0.434. The van der Waals surface area contributed by atoms with Crippen LogP contribution in [0.2, 0.25) is 0 Å². The molecule has 0 atom stereocenters. The molecule has 4 aliphatic carbocycles. The fourth-order valence-corrected chi connectivity index (χ4v) is 5.28. The number of carbonyl (C=O) groups excluding carboxylic acids is 1. The molecule has 128 valence electrons. The van der Waals surface area contributed by atoms with Gasteiger partial charge in [-0.05, 0) is 61.3 Å². The van der Waals surface area contributed by atoms with Gasteiger partial charge in [0.25, 0.3) is 5.91 Å². The third-order valence-electron chi connectivity index (χ3n) is 6.06. The van der Waals surface area contributed by atoms with Crippen LogP contribution in [0.4, 0.5) is 0 Å². The summed E-state index contributed by atoms with van der Waals surface area (Å²) in [4.78, 5) is 15.3. The van der Waals surface area contributed by atoms with E-state index in [1.54, 1.807) is 0 Å². The third kappa shape index (κ3) is 2.60. The van der Waals surface area contributed by atoms with Crippen molar-refractivity contribution in [2.24, 2.45) is 28.8 Å². The number of azide groups is 1. The van der Waals surface area contributed by atoms with Gasteiger partial charge in [0.15, 0.2) is 0 Å². The van der Waals surface area contributed by atoms with Crippen LogP contribution in [0.5, 0.6) is 5.88 Å². The molecule has 1 amide bonds. The summed E-state index contributed by atoms with van der Waals surface area (Å²) in [6, 6.07) is 0.233. The standard InChI is InChI=1S/C16H22N6O2/c17-21-18-1-2-22-16(24)13(8-19-22)15(23)20-14-11-4-9-3-10(6-11)7-12(14)5-9/h8-12,14,24H,1-7H2,(H,20,23). The van der Waals surface area contributed by atoms with Crippen LogP contribution in [0.3, 0.4) is 0 Å². The lowest BCUT2D eigenvalue weighted by Crippen LogP contribution is -2.55. The van der Waals surface area contributed by atoms with E-state index in [9.17, 15) is 9.90 Å². The van der Waals surface area contributed by atoms with Gasteiger partial charge in [0.2, 0.25) is 5.88 Å². The van der Waals surface area contributed by atoms with Crippen molar-refractivity contribution >= 4 is 5.91 Å². The monoisotopic (exact) mass is 330 g/mol. The summed E-state index contributed by atoms with van der Waals surface area (Å²) in [5.74, 6) is 2.49. The molecule has 5 rings (SSSR count). The van der Waals surface area contributed by atoms with Crippen LogP contribution in [0.25, 0.3) is 10.4 Å². The van der Waals surface area contributed by atoms with Crippen LogP contribution in [0.1, 0.15) is 42.5 Å². The minimum Gasteiger partial charge on any atom is -0.493 e. The Morgan fingerprint density at radius 1 is 1.33 bits per heavy atom. The van der Waals surface area contributed by atoms with Crippen LogP contribution in [0.15, 0.2) is 11.3 Å². The zero-order valence-corrected chi connectivity index (χ0v) is 13.5. The molecule has 0 radical (unpaired) electrons. The van der Waals surface area contributed by atoms with Crippen LogP contribution in [-0.4, -0.2) is 33.4 Å². The molecule has 4 fully saturated rings. The summed E-state index contributed by atoms with van der Waals surface area (Å²) < 4.78 is 1.29. The maximum Gasteiger partial charge on any atom is 0.258 e. The number of nitrogens with zero attached hydrogens (tertiary/aromatic N) is 5. The van der Waals surface area contributed by atoms with E-state index in [4.69, 9.17) is 5.53 Å². The van der Waals surface area contributed by atoms with Crippen LogP contribution in [0, 0.1) is 23.7 Å². The summed E-state index contributed by atoms with van der Waals surface area (Å²) in [6.07, 6.45) is 7.69. The van der Waals surface area contributed by atoms with Crippen LogP contribution >= 0.6 is 0 Å². The number of nitrogens with one attached hydrogen (secondary N) is 1. The molecule has 8 heteroatoms. The molecule has 0 spiro atoms. The molecule has 4 saturated carbocycles. The van der Waals surface area contributed by atoms with Gasteiger partial charge in [-0.25, -0.2) is 4.68 Å². The molecule has 8 nitrogen and oxygen atoms in total. The van der Waals surface area contributed by atoms with Crippen molar-refractivity contribution in [2.45, 2.75) is 44.7 Å². The predicted molar refractivity (Wildman–Crippen MR) is 86.2 cm³/mol. The molecule has 2 N–H and O–H groups in total. The summed E-state index contributed by atoms with van der Waals surface area (Å²) in [5.41, 5.74) is 8.49. The Hall–Kier alpha value is -2.21. The summed E-state index contributed by atoms with van der Waals surface area (Å²) in [5, 5.41) is 20.8. The maximum atomic E-state index is 12.6. The average molecular weight is 330 g/mol. The van der Waals surface area contributed by atoms with Gasteiger partial charge in [-0.3, -0.25) is 4.79 Å². The quantitative estimate of drug-likeness (QED) is 0.490. The zero-order valence-electron chi connectivity index (χ0n) is 13.5. The van der Waals surface area contributed by atoms with E-state index < -0.39 is 0 Å². The minimum atomic E-state index is -0.250. The first-order chi connectivity index (χ1) is 11.7. The highest BCUT2D eigenvalue weighted by Crippen LogP contribution is 2.53. The molecule has 1 heterocycles. The van der Waals surface area contributed by atoms with E-state index in [1.807, 2.05) is 0 Å². The number of aromatic hydroxyl groups is 1. The van der Waals surface area contributed by atoms with Crippen LogP contribution in [-0.2, 0) is 6.54 Å². The number of aromatic nitrogens is 2. The Bertz CT molecular complexity index is 665. The minimum absolute atomic E-state index is 0.163. The van der Waals surface area contributed by atoms with Crippen molar-refractivity contribution in [3.05, 3.63) is 22.2 Å². The van der Waals surface area contributed by atoms with Crippen LogP contribution < -0.4 is 5.32 Å². The van der Waals surface area contributed by atoms with Gasteiger partial charge in [-0.2, -0.15) is 5.10 Å².